The third-order valence-corrected chi connectivity index (χ3v) is 16.4. The van der Waals surface area contributed by atoms with Gasteiger partial charge in [0.1, 0.15) is 11.1 Å². The number of carbonyl (C=O) groups is 2. The van der Waals surface area contributed by atoms with Gasteiger partial charge in [-0.15, -0.1) is 0 Å². The second kappa shape index (κ2) is 18.9. The summed E-state index contributed by atoms with van der Waals surface area (Å²) in [7, 11) is 2.76. The van der Waals surface area contributed by atoms with Gasteiger partial charge in [0.05, 0.1) is 24.3 Å². The van der Waals surface area contributed by atoms with Gasteiger partial charge in [0.15, 0.2) is 11.5 Å². The van der Waals surface area contributed by atoms with Crippen LogP contribution in [0, 0.1) is 52.3 Å². The highest BCUT2D eigenvalue weighted by Gasteiger charge is 2.60. The van der Waals surface area contributed by atoms with Gasteiger partial charge in [-0.25, -0.2) is 9.59 Å². The van der Waals surface area contributed by atoms with E-state index in [4.69, 9.17) is 32.7 Å². The number of allylic oxidation sites excluding steroid dienone is 1. The van der Waals surface area contributed by atoms with Crippen molar-refractivity contribution in [2.45, 2.75) is 137 Å². The van der Waals surface area contributed by atoms with Crippen molar-refractivity contribution in [3.05, 3.63) is 62.6 Å². The molecular weight excluding hydrogens is 769 g/mol. The largest absolute Gasteiger partial charge is 0.494 e. The van der Waals surface area contributed by atoms with Crippen LogP contribution < -0.4 is 14.8 Å². The first kappa shape index (κ1) is 44.8. The maximum atomic E-state index is 12.2. The maximum Gasteiger partial charge on any atom is 0.339 e. The van der Waals surface area contributed by atoms with Crippen LogP contribution >= 0.6 is 23.2 Å². The summed E-state index contributed by atoms with van der Waals surface area (Å²) in [6.07, 6.45) is 21.3. The van der Waals surface area contributed by atoms with Gasteiger partial charge in [0, 0.05) is 6.04 Å². The van der Waals surface area contributed by atoms with Gasteiger partial charge in [0.2, 0.25) is 0 Å². The summed E-state index contributed by atoms with van der Waals surface area (Å²) >= 11 is 13.1. The molecule has 0 aromatic heterocycles. The number of unbranched alkanes of at least 4 members (excludes halogenated alkanes) is 2. The zero-order valence-corrected chi connectivity index (χ0v) is 37.6. The van der Waals surface area contributed by atoms with Gasteiger partial charge in [-0.1, -0.05) is 83.2 Å². The van der Waals surface area contributed by atoms with E-state index in [1.54, 1.807) is 12.1 Å². The minimum absolute atomic E-state index is 0.0694. The topological polar surface area (TPSA) is 105 Å². The quantitative estimate of drug-likeness (QED) is 0.136. The fourth-order valence-corrected chi connectivity index (χ4v) is 13.5. The van der Waals surface area contributed by atoms with Gasteiger partial charge in [0.25, 0.3) is 0 Å². The number of aromatic carboxylic acids is 2. The van der Waals surface area contributed by atoms with Crippen LogP contribution in [0.4, 0.5) is 0 Å². The van der Waals surface area contributed by atoms with Crippen molar-refractivity contribution in [3.8, 4) is 11.5 Å². The number of halogens is 2. The third kappa shape index (κ3) is 9.12. The highest BCUT2D eigenvalue weighted by Crippen LogP contribution is 2.68. The van der Waals surface area contributed by atoms with Crippen LogP contribution in [0.3, 0.4) is 0 Å². The van der Waals surface area contributed by atoms with Crippen molar-refractivity contribution in [3.63, 3.8) is 0 Å². The van der Waals surface area contributed by atoms with Crippen LogP contribution in [0.5, 0.6) is 11.5 Å². The van der Waals surface area contributed by atoms with E-state index in [0.29, 0.717) is 40.0 Å². The molecule has 4 aliphatic carbocycles. The zero-order chi connectivity index (χ0) is 41.9. The Bertz CT molecular complexity index is 1750. The van der Waals surface area contributed by atoms with Crippen molar-refractivity contribution < 1.29 is 29.3 Å². The monoisotopic (exact) mass is 837 g/mol. The van der Waals surface area contributed by atoms with E-state index in [0.717, 1.165) is 60.8 Å². The second-order valence-electron chi connectivity index (χ2n) is 19.4. The molecule has 0 radical (unpaired) electrons. The molecule has 0 aliphatic heterocycles. The Labute approximate surface area is 358 Å². The molecule has 4 fully saturated rings. The molecule has 58 heavy (non-hydrogen) atoms. The van der Waals surface area contributed by atoms with Gasteiger partial charge < -0.3 is 25.0 Å². The first-order chi connectivity index (χ1) is 27.6. The van der Waals surface area contributed by atoms with E-state index in [2.05, 4.69) is 39.9 Å². The second-order valence-corrected chi connectivity index (χ2v) is 20.2. The number of rotatable bonds is 17. The number of carboxylic acids is 2. The molecule has 9 heteroatoms. The number of methoxy groups -OCH3 is 2. The predicted molar refractivity (Wildman–Crippen MR) is 236 cm³/mol. The summed E-state index contributed by atoms with van der Waals surface area (Å²) in [5.74, 6) is 3.91. The standard InChI is InChI=1S/C49H69Cl2NO6/c1-29(2)12-11-13-30(3)39-17-18-40-36-16-15-33-28-34(19-21-48(33,4)41(36)20-22-49(39,40)5)52-23-10-8-9-14-35(31-24-37(46(53)54)44(57-6)42(50)26-31)32-25-38(47(55)56)45(58-7)43(51)27-32/h14,24-27,29-30,33-34,36,39-41,52H,8-13,15-23,28H2,1-7H3,(H,53,54)(H,55,56)/t30?,33-,34+,36?,39+,40?,41?,48-,49+/m0/s1. The summed E-state index contributed by atoms with van der Waals surface area (Å²) in [6, 6.07) is 6.88. The lowest BCUT2D eigenvalue weighted by Gasteiger charge is -2.61. The molecule has 2 aromatic carbocycles. The predicted octanol–water partition coefficient (Wildman–Crippen LogP) is 13.1. The summed E-state index contributed by atoms with van der Waals surface area (Å²) in [6.45, 7) is 13.7. The van der Waals surface area contributed by atoms with Crippen molar-refractivity contribution >= 4 is 40.7 Å². The number of hydrogen-bond acceptors (Lipinski definition) is 5. The molecule has 320 valence electrons. The molecule has 0 saturated heterocycles. The molecule has 0 amide bonds. The van der Waals surface area contributed by atoms with E-state index in [1.807, 2.05) is 6.08 Å². The number of benzene rings is 2. The highest BCUT2D eigenvalue weighted by molar-refractivity contribution is 6.33. The summed E-state index contributed by atoms with van der Waals surface area (Å²) in [4.78, 5) is 24.4. The van der Waals surface area contributed by atoms with Gasteiger partial charge >= 0.3 is 11.9 Å². The Morgan fingerprint density at radius 1 is 0.793 bits per heavy atom. The van der Waals surface area contributed by atoms with Crippen molar-refractivity contribution in [2.75, 3.05) is 20.8 Å². The van der Waals surface area contributed by atoms with E-state index < -0.39 is 11.9 Å². The first-order valence-corrected chi connectivity index (χ1v) is 23.0. The lowest BCUT2D eigenvalue weighted by atomic mass is 9.44. The molecule has 4 unspecified atom stereocenters. The Morgan fingerprint density at radius 3 is 1.98 bits per heavy atom. The molecule has 7 nitrogen and oxygen atoms in total. The molecule has 4 saturated carbocycles. The molecule has 4 aliphatic rings. The molecular formula is C49H69Cl2NO6. The van der Waals surface area contributed by atoms with E-state index >= 15 is 0 Å². The van der Waals surface area contributed by atoms with E-state index in [1.165, 1.54) is 103 Å². The van der Waals surface area contributed by atoms with Crippen molar-refractivity contribution in [1.29, 1.82) is 0 Å². The van der Waals surface area contributed by atoms with Crippen LogP contribution in [0.2, 0.25) is 10.0 Å². The lowest BCUT2D eigenvalue weighted by molar-refractivity contribution is -0.118. The molecule has 0 heterocycles. The minimum atomic E-state index is -1.18. The first-order valence-electron chi connectivity index (χ1n) is 22.3. The van der Waals surface area contributed by atoms with Crippen LogP contribution in [0.25, 0.3) is 5.57 Å². The molecule has 6 rings (SSSR count). The van der Waals surface area contributed by atoms with Crippen molar-refractivity contribution in [2.24, 2.45) is 52.3 Å². The number of carboxylic acid groups (broad SMARTS) is 2. The molecule has 0 spiro atoms. The summed E-state index contributed by atoms with van der Waals surface area (Å²) in [5, 5.41) is 24.2. The minimum Gasteiger partial charge on any atom is -0.494 e. The normalized spacial score (nSPS) is 29.6. The number of nitrogens with one attached hydrogen (secondary N) is 1. The van der Waals surface area contributed by atoms with Crippen LogP contribution in [0.15, 0.2) is 30.3 Å². The fraction of sp³-hybridized carbons (Fsp3) is 0.673. The van der Waals surface area contributed by atoms with Crippen LogP contribution in [0.1, 0.15) is 163 Å². The Morgan fingerprint density at radius 2 is 1.40 bits per heavy atom. The fourth-order valence-electron chi connectivity index (χ4n) is 12.9. The number of fused-ring (bicyclic) bond motifs is 5. The summed E-state index contributed by atoms with van der Waals surface area (Å²) < 4.78 is 10.6. The van der Waals surface area contributed by atoms with Gasteiger partial charge in [-0.3, -0.25) is 0 Å². The molecule has 3 N–H and O–H groups in total. The Hall–Kier alpha value is -2.74. The Balaban J connectivity index is 1.07. The average molecular weight is 839 g/mol. The lowest BCUT2D eigenvalue weighted by Crippen LogP contribution is -2.55. The SMILES string of the molecule is COc1c(Cl)cc(C(=CCCCCN[C@@H]2CC[C@]3(C)C4CC[C@@]5(C)C(CC[C@@H]5C(C)CCCC(C)C)C4CC[C@H]3C2)c2cc(Cl)c(OC)c(C(=O)O)c2)cc1C(=O)O. The number of hydrogen-bond donors (Lipinski definition) is 3. The van der Waals surface area contributed by atoms with Crippen LogP contribution in [-0.4, -0.2) is 49.0 Å². The van der Waals surface area contributed by atoms with Gasteiger partial charge in [-0.2, -0.15) is 0 Å². The Kier molecular flexibility index (Phi) is 14.6. The average Bonchev–Trinajstić information content (AvgIpc) is 3.54. The number of ether oxygens (including phenoxy) is 2. The summed E-state index contributed by atoms with van der Waals surface area (Å²) in [5.41, 5.74) is 2.55. The maximum absolute atomic E-state index is 12.2. The van der Waals surface area contributed by atoms with E-state index in [9.17, 15) is 19.8 Å². The van der Waals surface area contributed by atoms with E-state index in [-0.39, 0.29) is 32.7 Å². The van der Waals surface area contributed by atoms with Crippen molar-refractivity contribution in [1.82, 2.24) is 5.32 Å². The third-order valence-electron chi connectivity index (χ3n) is 15.9. The molecule has 2 aromatic rings. The highest BCUT2D eigenvalue weighted by atomic mass is 35.5. The van der Waals surface area contributed by atoms with Crippen LogP contribution in [-0.2, 0) is 0 Å². The molecule has 9 atom stereocenters. The smallest absolute Gasteiger partial charge is 0.339 e. The molecule has 0 bridgehead atoms. The van der Waals surface area contributed by atoms with Gasteiger partial charge in [-0.05, 0) is 177 Å². The zero-order valence-electron chi connectivity index (χ0n) is 36.1.